The molecule has 10 heteroatoms. The molecule has 178 valence electrons. The van der Waals surface area contributed by atoms with Crippen LogP contribution in [-0.2, 0) is 6.18 Å². The Kier molecular flexibility index (Phi) is 5.12. The van der Waals surface area contributed by atoms with Gasteiger partial charge in [-0.25, -0.2) is 9.37 Å². The molecule has 0 aromatic carbocycles. The van der Waals surface area contributed by atoms with Gasteiger partial charge in [0.25, 0.3) is 0 Å². The molecule has 1 aromatic heterocycles. The maximum Gasteiger partial charge on any atom is 0.417 e. The summed E-state index contributed by atoms with van der Waals surface area (Å²) in [6, 6.07) is 4.78. The van der Waals surface area contributed by atoms with Gasteiger partial charge in [0.15, 0.2) is 5.54 Å². The first kappa shape index (κ1) is 22.4. The van der Waals surface area contributed by atoms with Crippen molar-refractivity contribution in [2.75, 3.05) is 31.1 Å². The van der Waals surface area contributed by atoms with Gasteiger partial charge in [-0.15, -0.1) is 0 Å². The number of rotatable bonds is 4. The molecule has 33 heavy (non-hydrogen) atoms. The molecule has 1 aromatic rings. The Balaban J connectivity index is 1.35. The van der Waals surface area contributed by atoms with Crippen molar-refractivity contribution in [1.29, 1.82) is 10.7 Å². The van der Waals surface area contributed by atoms with E-state index >= 15 is 4.39 Å². The lowest BCUT2D eigenvalue weighted by molar-refractivity contribution is -0.137. The number of nitriles is 1. The fraction of sp³-hybridized carbons (Fsp3) is 0.696. The Labute approximate surface area is 190 Å². The zero-order valence-corrected chi connectivity index (χ0v) is 18.3. The quantitative estimate of drug-likeness (QED) is 0.404. The third-order valence-corrected chi connectivity index (χ3v) is 8.44. The summed E-state index contributed by atoms with van der Waals surface area (Å²) < 4.78 is 53.8. The van der Waals surface area contributed by atoms with Crippen LogP contribution in [0.1, 0.15) is 37.7 Å². The van der Waals surface area contributed by atoms with Gasteiger partial charge in [0.1, 0.15) is 17.3 Å². The van der Waals surface area contributed by atoms with E-state index in [1.54, 1.807) is 0 Å². The number of nitrogens with zero attached hydrogens (tertiary/aromatic N) is 4. The average molecular weight is 465 g/mol. The largest absolute Gasteiger partial charge is 0.417 e. The molecule has 0 amide bonds. The first-order valence-corrected chi connectivity index (χ1v) is 11.5. The number of nitrogens with two attached hydrogens (primary N) is 1. The monoisotopic (exact) mass is 464 g/mol. The molecule has 3 unspecified atom stereocenters. The van der Waals surface area contributed by atoms with Crippen LogP contribution in [0, 0.1) is 40.4 Å². The minimum Gasteiger partial charge on any atom is -0.385 e. The van der Waals surface area contributed by atoms with Gasteiger partial charge in [-0.3, -0.25) is 10.3 Å². The van der Waals surface area contributed by atoms with Crippen LogP contribution >= 0.6 is 0 Å². The van der Waals surface area contributed by atoms with Crippen molar-refractivity contribution < 1.29 is 17.6 Å². The molecule has 4 bridgehead atoms. The van der Waals surface area contributed by atoms with E-state index < -0.39 is 22.9 Å². The molecular weight excluding hydrogens is 436 g/mol. The summed E-state index contributed by atoms with van der Waals surface area (Å²) in [5.41, 5.74) is 2.91. The predicted octanol–water partition coefficient (Wildman–Crippen LogP) is 3.59. The minimum absolute atomic E-state index is 0.0411. The third kappa shape index (κ3) is 3.56. The maximum atomic E-state index is 15.3. The average Bonchev–Trinajstić information content (AvgIpc) is 2.75. The van der Waals surface area contributed by atoms with E-state index in [9.17, 15) is 18.4 Å². The minimum atomic E-state index is -4.44. The zero-order valence-electron chi connectivity index (χ0n) is 18.3. The van der Waals surface area contributed by atoms with Gasteiger partial charge in [0.2, 0.25) is 0 Å². The van der Waals surface area contributed by atoms with Crippen molar-refractivity contribution in [3.05, 3.63) is 23.9 Å². The van der Waals surface area contributed by atoms with Gasteiger partial charge in [-0.05, 0) is 62.0 Å². The lowest BCUT2D eigenvalue weighted by Crippen LogP contribution is -2.70. The van der Waals surface area contributed by atoms with Crippen LogP contribution in [0.5, 0.6) is 0 Å². The number of pyridine rings is 1. The molecule has 1 saturated heterocycles. The van der Waals surface area contributed by atoms with Crippen LogP contribution in [-0.4, -0.2) is 53.1 Å². The molecule has 1 aliphatic heterocycles. The molecule has 4 aliphatic carbocycles. The Morgan fingerprint density at radius 2 is 1.76 bits per heavy atom. The molecule has 6 rings (SSSR count). The summed E-state index contributed by atoms with van der Waals surface area (Å²) >= 11 is 0. The van der Waals surface area contributed by atoms with Gasteiger partial charge < -0.3 is 10.6 Å². The van der Waals surface area contributed by atoms with Crippen LogP contribution in [0.4, 0.5) is 23.4 Å². The number of anilines is 1. The molecule has 3 atom stereocenters. The molecule has 0 spiro atoms. The molecule has 5 aliphatic rings. The van der Waals surface area contributed by atoms with E-state index in [0.717, 1.165) is 25.1 Å². The van der Waals surface area contributed by atoms with E-state index in [4.69, 9.17) is 11.1 Å². The summed E-state index contributed by atoms with van der Waals surface area (Å²) in [6.45, 7) is 1.76. The third-order valence-electron chi connectivity index (χ3n) is 8.44. The summed E-state index contributed by atoms with van der Waals surface area (Å²) in [6.07, 6.45) is -0.329. The van der Waals surface area contributed by atoms with Gasteiger partial charge in [-0.1, -0.05) is 0 Å². The first-order chi connectivity index (χ1) is 15.6. The Morgan fingerprint density at radius 1 is 1.12 bits per heavy atom. The topological polar surface area (TPSA) is 93.0 Å². The number of hydrogen-bond donors (Lipinski definition) is 2. The van der Waals surface area contributed by atoms with Crippen LogP contribution in [0.15, 0.2) is 18.3 Å². The Morgan fingerprint density at radius 3 is 2.21 bits per heavy atom. The summed E-state index contributed by atoms with van der Waals surface area (Å²) in [4.78, 5) is 7.82. The highest BCUT2D eigenvalue weighted by atomic mass is 19.4. The number of hydrogen-bond acceptors (Lipinski definition) is 5. The van der Waals surface area contributed by atoms with Crippen LogP contribution in [0.2, 0.25) is 0 Å². The van der Waals surface area contributed by atoms with Crippen molar-refractivity contribution >= 4 is 11.7 Å². The number of halogens is 4. The lowest BCUT2D eigenvalue weighted by Gasteiger charge is -2.61. The number of amidine groups is 1. The fourth-order valence-electron chi connectivity index (χ4n) is 7.40. The second-order valence-corrected chi connectivity index (χ2v) is 10.3. The lowest BCUT2D eigenvalue weighted by atomic mass is 9.47. The summed E-state index contributed by atoms with van der Waals surface area (Å²) in [7, 11) is 0. The SMILES string of the molecule is N#CC(C(=N)N)(C1C2CC3CC1CC(F)(C3)C2)N1CCN(c2ccc(C(F)(F)F)cn2)CC1. The standard InChI is InChI=1S/C23H28F4N6/c24-21-9-14-7-15(10-21)19(16(8-14)11-21)22(13-28,20(29)30)33-5-3-32(4-6-33)18-2-1-17(12-31-18)23(25,26)27/h1-2,12,14-16,19H,3-11H2,(H3,29,30). The first-order valence-electron chi connectivity index (χ1n) is 11.5. The molecule has 5 fully saturated rings. The van der Waals surface area contributed by atoms with Gasteiger partial charge in [0.05, 0.1) is 11.6 Å². The van der Waals surface area contributed by atoms with Crippen molar-refractivity contribution in [1.82, 2.24) is 9.88 Å². The Hall–Kier alpha value is -2.41. The number of aromatic nitrogens is 1. The van der Waals surface area contributed by atoms with Crippen molar-refractivity contribution in [2.45, 2.75) is 49.5 Å². The fourth-order valence-corrected chi connectivity index (χ4v) is 7.40. The summed E-state index contributed by atoms with van der Waals surface area (Å²) in [5.74, 6) is 0.531. The smallest absolute Gasteiger partial charge is 0.385 e. The molecule has 2 heterocycles. The molecular formula is C23H28F4N6. The highest BCUT2D eigenvalue weighted by Gasteiger charge is 2.63. The van der Waals surface area contributed by atoms with Gasteiger partial charge >= 0.3 is 6.18 Å². The number of piperazine rings is 1. The normalized spacial score (nSPS) is 35.8. The highest BCUT2D eigenvalue weighted by Crippen LogP contribution is 2.62. The Bertz CT molecular complexity index is 949. The number of nitrogens with one attached hydrogen (secondary N) is 1. The second-order valence-electron chi connectivity index (χ2n) is 10.3. The van der Waals surface area contributed by atoms with E-state index in [1.807, 2.05) is 9.80 Å². The van der Waals surface area contributed by atoms with E-state index in [1.165, 1.54) is 6.07 Å². The highest BCUT2D eigenvalue weighted by molar-refractivity contribution is 5.91. The molecule has 0 radical (unpaired) electrons. The summed E-state index contributed by atoms with van der Waals surface area (Å²) in [5, 5.41) is 18.8. The maximum absolute atomic E-state index is 15.3. The van der Waals surface area contributed by atoms with Crippen LogP contribution in [0.25, 0.3) is 0 Å². The molecule has 4 saturated carbocycles. The van der Waals surface area contributed by atoms with Crippen molar-refractivity contribution in [3.8, 4) is 6.07 Å². The van der Waals surface area contributed by atoms with E-state index in [0.29, 0.717) is 57.2 Å². The van der Waals surface area contributed by atoms with E-state index in [-0.39, 0.29) is 23.6 Å². The van der Waals surface area contributed by atoms with E-state index in [2.05, 4.69) is 11.1 Å². The van der Waals surface area contributed by atoms with Crippen molar-refractivity contribution in [2.24, 2.45) is 29.4 Å². The predicted molar refractivity (Wildman–Crippen MR) is 114 cm³/mol. The molecule has 3 N–H and O–H groups in total. The van der Waals surface area contributed by atoms with Crippen molar-refractivity contribution in [3.63, 3.8) is 0 Å². The van der Waals surface area contributed by atoms with Crippen LogP contribution in [0.3, 0.4) is 0 Å². The van der Waals surface area contributed by atoms with Gasteiger partial charge in [-0.2, -0.15) is 18.4 Å². The van der Waals surface area contributed by atoms with Gasteiger partial charge in [0, 0.05) is 38.3 Å². The molecule has 6 nitrogen and oxygen atoms in total. The zero-order chi connectivity index (χ0) is 23.6. The van der Waals surface area contributed by atoms with Crippen LogP contribution < -0.4 is 10.6 Å². The number of alkyl halides is 4. The second kappa shape index (κ2) is 7.55.